The van der Waals surface area contributed by atoms with Crippen LogP contribution in [0.5, 0.6) is 0 Å². The fourth-order valence-corrected chi connectivity index (χ4v) is 1.80. The fourth-order valence-electron chi connectivity index (χ4n) is 1.80. The van der Waals surface area contributed by atoms with E-state index < -0.39 is 0 Å². The lowest BCUT2D eigenvalue weighted by Gasteiger charge is -1.97. The van der Waals surface area contributed by atoms with Gasteiger partial charge < -0.3 is 10.3 Å². The summed E-state index contributed by atoms with van der Waals surface area (Å²) in [6, 6.07) is 11.5. The van der Waals surface area contributed by atoms with Crippen LogP contribution in [-0.4, -0.2) is 5.16 Å². The second-order valence-electron chi connectivity index (χ2n) is 3.80. The van der Waals surface area contributed by atoms with Crippen molar-refractivity contribution in [1.29, 1.82) is 0 Å². The topological polar surface area (TPSA) is 52.0 Å². The minimum absolute atomic E-state index is 0.297. The van der Waals surface area contributed by atoms with E-state index in [0.717, 1.165) is 5.39 Å². The van der Waals surface area contributed by atoms with E-state index in [1.807, 2.05) is 6.07 Å². The molecule has 84 valence electrons. The van der Waals surface area contributed by atoms with Crippen LogP contribution < -0.4 is 5.73 Å². The third-order valence-electron chi connectivity index (χ3n) is 2.59. The predicted molar refractivity (Wildman–Crippen MR) is 63.8 cm³/mol. The van der Waals surface area contributed by atoms with E-state index in [-0.39, 0.29) is 5.82 Å². The Bertz CT molecular complexity index is 691. The molecule has 0 aliphatic carbocycles. The van der Waals surface area contributed by atoms with Crippen LogP contribution in [0.2, 0.25) is 0 Å². The second kappa shape index (κ2) is 3.59. The first-order chi connectivity index (χ1) is 8.24. The van der Waals surface area contributed by atoms with E-state index in [2.05, 4.69) is 5.16 Å². The lowest BCUT2D eigenvalue weighted by molar-refractivity contribution is 0.459. The van der Waals surface area contributed by atoms with Crippen LogP contribution in [-0.2, 0) is 0 Å². The number of nitrogens with two attached hydrogens (primary N) is 1. The molecule has 0 aliphatic rings. The number of hydrogen-bond donors (Lipinski definition) is 1. The third kappa shape index (κ3) is 1.63. The number of rotatable bonds is 1. The lowest BCUT2D eigenvalue weighted by atomic mass is 10.1. The largest absolute Gasteiger partial charge is 0.399 e. The Morgan fingerprint density at radius 2 is 2.00 bits per heavy atom. The highest BCUT2D eigenvalue weighted by atomic mass is 19.1. The van der Waals surface area contributed by atoms with Crippen LogP contribution in [0.25, 0.3) is 22.2 Å². The molecule has 1 aromatic heterocycles. The van der Waals surface area contributed by atoms with E-state index in [1.54, 1.807) is 24.3 Å². The zero-order valence-electron chi connectivity index (χ0n) is 8.85. The highest BCUT2D eigenvalue weighted by Crippen LogP contribution is 2.29. The fraction of sp³-hybridized carbons (Fsp3) is 0. The Labute approximate surface area is 96.6 Å². The Balaban J connectivity index is 2.24. The van der Waals surface area contributed by atoms with E-state index in [4.69, 9.17) is 10.3 Å². The standard InChI is InChI=1S/C13H9FN2O/c14-9-3-1-2-8(6-9)13-11-5-4-10(15)7-12(11)17-16-13/h1-7H,15H2. The molecule has 0 bridgehead atoms. The van der Waals surface area contributed by atoms with Gasteiger partial charge in [0.1, 0.15) is 11.5 Å². The molecule has 3 rings (SSSR count). The molecule has 0 saturated carbocycles. The summed E-state index contributed by atoms with van der Waals surface area (Å²) in [4.78, 5) is 0. The summed E-state index contributed by atoms with van der Waals surface area (Å²) < 4.78 is 18.3. The highest BCUT2D eigenvalue weighted by Gasteiger charge is 2.10. The van der Waals surface area contributed by atoms with Crippen molar-refractivity contribution in [2.75, 3.05) is 5.73 Å². The summed E-state index contributed by atoms with van der Waals surface area (Å²) in [7, 11) is 0. The zero-order valence-corrected chi connectivity index (χ0v) is 8.85. The first-order valence-corrected chi connectivity index (χ1v) is 5.15. The van der Waals surface area contributed by atoms with Gasteiger partial charge in [0.25, 0.3) is 0 Å². The quantitative estimate of drug-likeness (QED) is 0.650. The molecule has 0 fully saturated rings. The van der Waals surface area contributed by atoms with Crippen molar-refractivity contribution < 1.29 is 8.91 Å². The number of halogens is 1. The maximum atomic E-state index is 13.1. The minimum Gasteiger partial charge on any atom is -0.399 e. The van der Waals surface area contributed by atoms with Gasteiger partial charge in [0, 0.05) is 22.7 Å². The molecular weight excluding hydrogens is 219 g/mol. The maximum Gasteiger partial charge on any atom is 0.169 e. The molecule has 3 aromatic rings. The average molecular weight is 228 g/mol. The summed E-state index contributed by atoms with van der Waals surface area (Å²) in [5.74, 6) is -0.297. The number of nitrogen functional groups attached to an aromatic ring is 1. The van der Waals surface area contributed by atoms with Crippen molar-refractivity contribution >= 4 is 16.7 Å². The maximum absolute atomic E-state index is 13.1. The molecule has 1 heterocycles. The van der Waals surface area contributed by atoms with Gasteiger partial charge in [0.2, 0.25) is 0 Å². The van der Waals surface area contributed by atoms with Gasteiger partial charge in [-0.1, -0.05) is 17.3 Å². The molecule has 0 radical (unpaired) electrons. The molecule has 0 saturated heterocycles. The minimum atomic E-state index is -0.297. The Morgan fingerprint density at radius 1 is 1.12 bits per heavy atom. The molecule has 0 amide bonds. The van der Waals surface area contributed by atoms with Gasteiger partial charge in [-0.25, -0.2) is 4.39 Å². The summed E-state index contributed by atoms with van der Waals surface area (Å²) in [5, 5.41) is 4.77. The second-order valence-corrected chi connectivity index (χ2v) is 3.80. The predicted octanol–water partition coefficient (Wildman–Crippen LogP) is 3.22. The number of aromatic nitrogens is 1. The van der Waals surface area contributed by atoms with Crippen LogP contribution >= 0.6 is 0 Å². The molecule has 3 nitrogen and oxygen atoms in total. The molecule has 0 spiro atoms. The third-order valence-corrected chi connectivity index (χ3v) is 2.59. The van der Waals surface area contributed by atoms with Crippen molar-refractivity contribution in [3.63, 3.8) is 0 Å². The molecule has 0 unspecified atom stereocenters. The van der Waals surface area contributed by atoms with Gasteiger partial charge in [-0.2, -0.15) is 0 Å². The van der Waals surface area contributed by atoms with Crippen LogP contribution in [0.3, 0.4) is 0 Å². The molecule has 2 N–H and O–H groups in total. The van der Waals surface area contributed by atoms with Gasteiger partial charge in [0.05, 0.1) is 0 Å². The molecule has 0 atom stereocenters. The number of benzene rings is 2. The summed E-state index contributed by atoms with van der Waals surface area (Å²) in [6.45, 7) is 0. The summed E-state index contributed by atoms with van der Waals surface area (Å²) in [6.07, 6.45) is 0. The Kier molecular flexibility index (Phi) is 2.08. The first-order valence-electron chi connectivity index (χ1n) is 5.15. The van der Waals surface area contributed by atoms with E-state index in [0.29, 0.717) is 22.5 Å². The van der Waals surface area contributed by atoms with E-state index >= 15 is 0 Å². The number of hydrogen-bond acceptors (Lipinski definition) is 3. The molecular formula is C13H9FN2O. The van der Waals surface area contributed by atoms with Crippen LogP contribution in [0.15, 0.2) is 47.0 Å². The first kappa shape index (κ1) is 9.84. The Morgan fingerprint density at radius 3 is 2.82 bits per heavy atom. The van der Waals surface area contributed by atoms with Crippen molar-refractivity contribution in [2.24, 2.45) is 0 Å². The van der Waals surface area contributed by atoms with Crippen molar-refractivity contribution in [2.45, 2.75) is 0 Å². The highest BCUT2D eigenvalue weighted by molar-refractivity contribution is 5.92. The number of fused-ring (bicyclic) bond motifs is 1. The number of nitrogens with zero attached hydrogens (tertiary/aromatic N) is 1. The van der Waals surface area contributed by atoms with Gasteiger partial charge in [-0.3, -0.25) is 0 Å². The molecule has 0 aliphatic heterocycles. The summed E-state index contributed by atoms with van der Waals surface area (Å²) in [5.41, 5.74) is 8.17. The summed E-state index contributed by atoms with van der Waals surface area (Å²) >= 11 is 0. The van der Waals surface area contributed by atoms with Crippen molar-refractivity contribution in [1.82, 2.24) is 5.16 Å². The average Bonchev–Trinajstić information content (AvgIpc) is 2.71. The smallest absolute Gasteiger partial charge is 0.169 e. The normalized spacial score (nSPS) is 10.9. The van der Waals surface area contributed by atoms with Crippen molar-refractivity contribution in [3.05, 3.63) is 48.3 Å². The van der Waals surface area contributed by atoms with Crippen LogP contribution in [0.1, 0.15) is 0 Å². The lowest BCUT2D eigenvalue weighted by Crippen LogP contribution is -1.83. The van der Waals surface area contributed by atoms with E-state index in [9.17, 15) is 4.39 Å². The van der Waals surface area contributed by atoms with Crippen LogP contribution in [0.4, 0.5) is 10.1 Å². The van der Waals surface area contributed by atoms with Gasteiger partial charge in [0.15, 0.2) is 5.58 Å². The van der Waals surface area contributed by atoms with Gasteiger partial charge in [-0.15, -0.1) is 0 Å². The molecule has 2 aromatic carbocycles. The van der Waals surface area contributed by atoms with Gasteiger partial charge in [-0.05, 0) is 24.3 Å². The SMILES string of the molecule is Nc1ccc2c(-c3cccc(F)c3)noc2c1. The van der Waals surface area contributed by atoms with Crippen LogP contribution in [0, 0.1) is 5.82 Å². The number of anilines is 1. The molecule has 4 heteroatoms. The Hall–Kier alpha value is -2.36. The monoisotopic (exact) mass is 228 g/mol. The van der Waals surface area contributed by atoms with E-state index in [1.165, 1.54) is 12.1 Å². The van der Waals surface area contributed by atoms with Gasteiger partial charge >= 0.3 is 0 Å². The zero-order chi connectivity index (χ0) is 11.8. The van der Waals surface area contributed by atoms with Crippen molar-refractivity contribution in [3.8, 4) is 11.3 Å². The molecule has 17 heavy (non-hydrogen) atoms.